The lowest BCUT2D eigenvalue weighted by molar-refractivity contribution is -0.386. The molecule has 1 aromatic rings. The van der Waals surface area contributed by atoms with Crippen molar-refractivity contribution in [3.63, 3.8) is 0 Å². The summed E-state index contributed by atoms with van der Waals surface area (Å²) in [5.74, 6) is -1.28. The maximum Gasteiger partial charge on any atom is 0.346 e. The monoisotopic (exact) mass is 185 g/mol. The molecule has 1 N–H and O–H groups in total. The zero-order chi connectivity index (χ0) is 10.2. The van der Waals surface area contributed by atoms with Crippen LogP contribution in [0.2, 0.25) is 0 Å². The third-order valence-corrected chi connectivity index (χ3v) is 1.62. The van der Waals surface area contributed by atoms with Crippen LogP contribution in [-0.2, 0) is 0 Å². The maximum absolute atomic E-state index is 10.6. The number of aromatic carboxylic acids is 1. The summed E-state index contributed by atoms with van der Waals surface area (Å²) in [6.07, 6.45) is 0. The molecule has 0 aliphatic carbocycles. The molecular formula is C7H7NO5. The van der Waals surface area contributed by atoms with Crippen LogP contribution in [0.3, 0.4) is 0 Å². The molecule has 6 nitrogen and oxygen atoms in total. The van der Waals surface area contributed by atoms with E-state index in [0.717, 1.165) is 0 Å². The van der Waals surface area contributed by atoms with Crippen molar-refractivity contribution in [2.75, 3.05) is 0 Å². The summed E-state index contributed by atoms with van der Waals surface area (Å²) < 4.78 is 4.85. The Morgan fingerprint density at radius 3 is 2.31 bits per heavy atom. The van der Waals surface area contributed by atoms with Crippen molar-refractivity contribution in [2.45, 2.75) is 13.8 Å². The first kappa shape index (κ1) is 9.24. The lowest BCUT2D eigenvalue weighted by Gasteiger charge is -1.89. The number of carbonyl (C=O) groups is 1. The predicted octanol–water partition coefficient (Wildman–Crippen LogP) is 1.50. The number of rotatable bonds is 2. The Labute approximate surface area is 72.9 Å². The molecule has 0 unspecified atom stereocenters. The Hall–Kier alpha value is -1.85. The first-order valence-electron chi connectivity index (χ1n) is 3.42. The number of carboxylic acid groups (broad SMARTS) is 1. The summed E-state index contributed by atoms with van der Waals surface area (Å²) >= 11 is 0. The minimum atomic E-state index is -1.35. The third kappa shape index (κ3) is 1.37. The molecule has 0 radical (unpaired) electrons. The number of aryl methyl sites for hydroxylation is 2. The van der Waals surface area contributed by atoms with Gasteiger partial charge >= 0.3 is 11.7 Å². The molecule has 0 aliphatic heterocycles. The standard InChI is InChI=1S/C7H7NO5/c1-3-5(7(9)10)6(8(11)12)4(2)13-3/h1-2H3,(H,9,10). The van der Waals surface area contributed by atoms with E-state index in [1.807, 2.05) is 0 Å². The van der Waals surface area contributed by atoms with E-state index in [1.165, 1.54) is 13.8 Å². The van der Waals surface area contributed by atoms with Gasteiger partial charge in [-0.3, -0.25) is 10.1 Å². The predicted molar refractivity (Wildman–Crippen MR) is 41.8 cm³/mol. The Morgan fingerprint density at radius 1 is 1.46 bits per heavy atom. The SMILES string of the molecule is Cc1oc(C)c([N+](=O)[O-])c1C(=O)O. The Morgan fingerprint density at radius 2 is 2.00 bits per heavy atom. The summed E-state index contributed by atoms with van der Waals surface area (Å²) in [7, 11) is 0. The van der Waals surface area contributed by atoms with Gasteiger partial charge < -0.3 is 9.52 Å². The van der Waals surface area contributed by atoms with Gasteiger partial charge in [-0.1, -0.05) is 0 Å². The molecule has 0 aliphatic rings. The van der Waals surface area contributed by atoms with Crippen LogP contribution in [0, 0.1) is 24.0 Å². The van der Waals surface area contributed by atoms with Crippen molar-refractivity contribution in [1.82, 2.24) is 0 Å². The van der Waals surface area contributed by atoms with Gasteiger partial charge in [0.25, 0.3) is 0 Å². The van der Waals surface area contributed by atoms with Gasteiger partial charge in [-0.05, 0) is 6.92 Å². The number of nitro groups is 1. The van der Waals surface area contributed by atoms with Crippen LogP contribution in [0.5, 0.6) is 0 Å². The molecule has 0 bridgehead atoms. The zero-order valence-corrected chi connectivity index (χ0v) is 7.03. The van der Waals surface area contributed by atoms with E-state index < -0.39 is 16.6 Å². The molecule has 0 amide bonds. The second-order valence-electron chi connectivity index (χ2n) is 2.50. The molecule has 13 heavy (non-hydrogen) atoms. The number of furan rings is 1. The lowest BCUT2D eigenvalue weighted by atomic mass is 10.2. The van der Waals surface area contributed by atoms with Gasteiger partial charge in [0.1, 0.15) is 5.76 Å². The van der Waals surface area contributed by atoms with Crippen molar-refractivity contribution in [3.05, 3.63) is 27.2 Å². The fourth-order valence-electron chi connectivity index (χ4n) is 1.14. The highest BCUT2D eigenvalue weighted by atomic mass is 16.6. The minimum absolute atomic E-state index is 0.0138. The Bertz CT molecular complexity index is 344. The van der Waals surface area contributed by atoms with Gasteiger partial charge in [0.05, 0.1) is 4.92 Å². The highest BCUT2D eigenvalue weighted by Gasteiger charge is 2.29. The van der Waals surface area contributed by atoms with E-state index in [1.54, 1.807) is 0 Å². The molecule has 0 saturated heterocycles. The first-order valence-corrected chi connectivity index (χ1v) is 3.42. The normalized spacial score (nSPS) is 10.0. The summed E-state index contributed by atoms with van der Waals surface area (Å²) in [5, 5.41) is 19.1. The number of hydrogen-bond acceptors (Lipinski definition) is 4. The van der Waals surface area contributed by atoms with Crippen molar-refractivity contribution in [2.24, 2.45) is 0 Å². The summed E-state index contributed by atoms with van der Waals surface area (Å²) in [6.45, 7) is 2.74. The van der Waals surface area contributed by atoms with Gasteiger partial charge in [-0.15, -0.1) is 0 Å². The van der Waals surface area contributed by atoms with E-state index >= 15 is 0 Å². The second kappa shape index (κ2) is 2.89. The van der Waals surface area contributed by atoms with E-state index in [0.29, 0.717) is 0 Å². The second-order valence-corrected chi connectivity index (χ2v) is 2.50. The Balaban J connectivity index is 3.47. The van der Waals surface area contributed by atoms with Crippen molar-refractivity contribution in [1.29, 1.82) is 0 Å². The fourth-order valence-corrected chi connectivity index (χ4v) is 1.14. The van der Waals surface area contributed by atoms with Crippen LogP contribution >= 0.6 is 0 Å². The first-order chi connectivity index (χ1) is 5.95. The van der Waals surface area contributed by atoms with E-state index in [4.69, 9.17) is 9.52 Å². The van der Waals surface area contributed by atoms with Crippen LogP contribution in [0.15, 0.2) is 4.42 Å². The average Bonchev–Trinajstić information content (AvgIpc) is 2.24. The topological polar surface area (TPSA) is 93.6 Å². The highest BCUT2D eigenvalue weighted by molar-refractivity contribution is 5.93. The zero-order valence-electron chi connectivity index (χ0n) is 7.03. The molecule has 0 spiro atoms. The van der Waals surface area contributed by atoms with Gasteiger partial charge in [0, 0.05) is 6.92 Å². The van der Waals surface area contributed by atoms with Gasteiger partial charge in [-0.25, -0.2) is 4.79 Å². The molecule has 70 valence electrons. The molecule has 0 atom stereocenters. The van der Waals surface area contributed by atoms with Crippen molar-refractivity contribution >= 4 is 11.7 Å². The highest BCUT2D eigenvalue weighted by Crippen LogP contribution is 2.28. The van der Waals surface area contributed by atoms with Crippen LogP contribution in [0.4, 0.5) is 5.69 Å². The van der Waals surface area contributed by atoms with Crippen LogP contribution in [0.1, 0.15) is 21.9 Å². The third-order valence-electron chi connectivity index (χ3n) is 1.62. The molecule has 0 saturated carbocycles. The van der Waals surface area contributed by atoms with Crippen molar-refractivity contribution in [3.8, 4) is 0 Å². The van der Waals surface area contributed by atoms with E-state index in [2.05, 4.69) is 0 Å². The quantitative estimate of drug-likeness (QED) is 0.556. The lowest BCUT2D eigenvalue weighted by Crippen LogP contribution is -2.01. The summed E-state index contributed by atoms with van der Waals surface area (Å²) in [6, 6.07) is 0. The average molecular weight is 185 g/mol. The van der Waals surface area contributed by atoms with Crippen LogP contribution in [-0.4, -0.2) is 16.0 Å². The van der Waals surface area contributed by atoms with Gasteiger partial charge in [0.2, 0.25) is 0 Å². The maximum atomic E-state index is 10.6. The molecular weight excluding hydrogens is 178 g/mol. The van der Waals surface area contributed by atoms with E-state index in [-0.39, 0.29) is 17.1 Å². The largest absolute Gasteiger partial charge is 0.477 e. The van der Waals surface area contributed by atoms with Crippen LogP contribution in [0.25, 0.3) is 0 Å². The van der Waals surface area contributed by atoms with Gasteiger partial charge in [0.15, 0.2) is 11.3 Å². The smallest absolute Gasteiger partial charge is 0.346 e. The minimum Gasteiger partial charge on any atom is -0.477 e. The molecule has 0 aromatic carbocycles. The molecule has 0 fully saturated rings. The Kier molecular flexibility index (Phi) is 2.05. The molecule has 1 heterocycles. The molecule has 6 heteroatoms. The number of hydrogen-bond donors (Lipinski definition) is 1. The summed E-state index contributed by atoms with van der Waals surface area (Å²) in [4.78, 5) is 20.3. The summed E-state index contributed by atoms with van der Waals surface area (Å²) in [5.41, 5.74) is -0.840. The van der Waals surface area contributed by atoms with Crippen molar-refractivity contribution < 1.29 is 19.2 Å². The fraction of sp³-hybridized carbons (Fsp3) is 0.286. The number of carboxylic acids is 1. The molecule has 1 rings (SSSR count). The molecule has 1 aromatic heterocycles. The van der Waals surface area contributed by atoms with E-state index in [9.17, 15) is 14.9 Å². The van der Waals surface area contributed by atoms with Crippen LogP contribution < -0.4 is 0 Å². The number of nitrogens with zero attached hydrogens (tertiary/aromatic N) is 1. The van der Waals surface area contributed by atoms with Gasteiger partial charge in [-0.2, -0.15) is 0 Å².